The molecule has 0 saturated carbocycles. The summed E-state index contributed by atoms with van der Waals surface area (Å²) in [6.07, 6.45) is 2.75. The lowest BCUT2D eigenvalue weighted by atomic mass is 10.1. The lowest BCUT2D eigenvalue weighted by Crippen LogP contribution is -2.32. The molecule has 8 heteroatoms. The van der Waals surface area contributed by atoms with Gasteiger partial charge in [-0.15, -0.1) is 0 Å². The number of carboxylic acid groups (broad SMARTS) is 1. The highest BCUT2D eigenvalue weighted by Crippen LogP contribution is 2.29. The Morgan fingerprint density at radius 1 is 1.50 bits per heavy atom. The maximum absolute atomic E-state index is 11.6. The van der Waals surface area contributed by atoms with Crippen LogP contribution in [0.4, 0.5) is 0 Å². The number of nitrogens with two attached hydrogens (primary N) is 1. The third-order valence-corrected chi connectivity index (χ3v) is 4.38. The minimum absolute atomic E-state index is 0.0822. The third kappa shape index (κ3) is 2.79. The van der Waals surface area contributed by atoms with Crippen molar-refractivity contribution in [2.75, 3.05) is 6.26 Å². The summed E-state index contributed by atoms with van der Waals surface area (Å²) >= 11 is 6.04. The Hall–Kier alpha value is -1.57. The molecule has 6 nitrogen and oxygen atoms in total. The Labute approximate surface area is 120 Å². The van der Waals surface area contributed by atoms with Crippen molar-refractivity contribution in [2.24, 2.45) is 5.73 Å². The molecule has 1 aromatic heterocycles. The highest BCUT2D eigenvalue weighted by Gasteiger charge is 2.18. The summed E-state index contributed by atoms with van der Waals surface area (Å²) in [5.41, 5.74) is 6.67. The molecule has 0 saturated heterocycles. The van der Waals surface area contributed by atoms with Crippen LogP contribution in [0.5, 0.6) is 0 Å². The highest BCUT2D eigenvalue weighted by atomic mass is 35.5. The predicted octanol–water partition coefficient (Wildman–Crippen LogP) is 1.18. The normalized spacial score (nSPS) is 13.6. The van der Waals surface area contributed by atoms with E-state index in [1.807, 2.05) is 0 Å². The van der Waals surface area contributed by atoms with E-state index in [4.69, 9.17) is 22.4 Å². The molecule has 1 atom stereocenters. The Bertz CT molecular complexity index is 782. The number of halogens is 1. The van der Waals surface area contributed by atoms with Gasteiger partial charge in [-0.2, -0.15) is 0 Å². The van der Waals surface area contributed by atoms with E-state index in [-0.39, 0.29) is 16.3 Å². The monoisotopic (exact) mass is 316 g/mol. The van der Waals surface area contributed by atoms with Crippen molar-refractivity contribution in [2.45, 2.75) is 17.4 Å². The fraction of sp³-hybridized carbons (Fsp3) is 0.250. The lowest BCUT2D eigenvalue weighted by molar-refractivity contribution is -0.138. The van der Waals surface area contributed by atoms with Crippen molar-refractivity contribution in [3.63, 3.8) is 0 Å². The zero-order valence-corrected chi connectivity index (χ0v) is 12.1. The lowest BCUT2D eigenvalue weighted by Gasteiger charge is -2.06. The average Bonchev–Trinajstić information content (AvgIpc) is 2.71. The SMILES string of the molecule is CS(=O)(=O)c1cc(Cl)c2[nH]cc(C[C@H](N)C(=O)O)c2c1. The van der Waals surface area contributed by atoms with Crippen molar-refractivity contribution in [3.8, 4) is 0 Å². The van der Waals surface area contributed by atoms with Crippen molar-refractivity contribution in [1.82, 2.24) is 4.98 Å². The first-order chi connectivity index (χ1) is 9.20. The van der Waals surface area contributed by atoms with Gasteiger partial charge in [0.25, 0.3) is 0 Å². The summed E-state index contributed by atoms with van der Waals surface area (Å²) in [6, 6.07) is 1.77. The van der Waals surface area contributed by atoms with Gasteiger partial charge in [0.1, 0.15) is 6.04 Å². The molecular weight excluding hydrogens is 304 g/mol. The first-order valence-electron chi connectivity index (χ1n) is 5.68. The van der Waals surface area contributed by atoms with E-state index in [0.717, 1.165) is 6.26 Å². The van der Waals surface area contributed by atoms with Gasteiger partial charge in [-0.1, -0.05) is 11.6 Å². The van der Waals surface area contributed by atoms with E-state index < -0.39 is 21.8 Å². The fourth-order valence-corrected chi connectivity index (χ4v) is 2.93. The van der Waals surface area contributed by atoms with E-state index >= 15 is 0 Å². The van der Waals surface area contributed by atoms with Crippen molar-refractivity contribution in [1.29, 1.82) is 0 Å². The second-order valence-electron chi connectivity index (χ2n) is 4.56. The Morgan fingerprint density at radius 3 is 2.70 bits per heavy atom. The molecule has 1 heterocycles. The van der Waals surface area contributed by atoms with Gasteiger partial charge >= 0.3 is 5.97 Å². The standard InChI is InChI=1S/C12H13ClN2O4S/c1-20(18,19)7-3-8-6(2-10(14)12(16)17)5-15-11(8)9(13)4-7/h3-5,10,15H,2,14H2,1H3,(H,16,17)/t10-/m0/s1. The number of H-pyrrole nitrogens is 1. The van der Waals surface area contributed by atoms with E-state index in [1.54, 1.807) is 6.20 Å². The van der Waals surface area contributed by atoms with Crippen LogP contribution in [-0.2, 0) is 21.1 Å². The third-order valence-electron chi connectivity index (χ3n) is 2.99. The number of aliphatic carboxylic acids is 1. The minimum Gasteiger partial charge on any atom is -0.480 e. The number of aromatic amines is 1. The Morgan fingerprint density at radius 2 is 2.15 bits per heavy atom. The predicted molar refractivity (Wildman–Crippen MR) is 75.7 cm³/mol. The second kappa shape index (κ2) is 5.08. The number of carbonyl (C=O) groups is 1. The van der Waals surface area contributed by atoms with Crippen molar-refractivity contribution >= 4 is 38.3 Å². The van der Waals surface area contributed by atoms with E-state index in [1.165, 1.54) is 12.1 Å². The van der Waals surface area contributed by atoms with Gasteiger partial charge in [0.05, 0.1) is 15.4 Å². The Balaban J connectivity index is 2.59. The molecule has 0 fully saturated rings. The van der Waals surface area contributed by atoms with E-state index in [0.29, 0.717) is 16.5 Å². The van der Waals surface area contributed by atoms with Crippen molar-refractivity contribution in [3.05, 3.63) is 28.9 Å². The summed E-state index contributed by atoms with van der Waals surface area (Å²) in [5.74, 6) is -1.12. The van der Waals surface area contributed by atoms with Gasteiger partial charge in [0, 0.05) is 24.3 Å². The molecule has 2 aromatic rings. The van der Waals surface area contributed by atoms with Crippen LogP contribution in [0.1, 0.15) is 5.56 Å². The molecule has 0 radical (unpaired) electrons. The number of nitrogens with one attached hydrogen (secondary N) is 1. The first-order valence-corrected chi connectivity index (χ1v) is 7.95. The number of aromatic nitrogens is 1. The molecule has 0 aliphatic heterocycles. The molecule has 108 valence electrons. The average molecular weight is 317 g/mol. The largest absolute Gasteiger partial charge is 0.480 e. The number of fused-ring (bicyclic) bond motifs is 1. The number of hydrogen-bond donors (Lipinski definition) is 3. The van der Waals surface area contributed by atoms with Crippen LogP contribution in [0, 0.1) is 0 Å². The van der Waals surface area contributed by atoms with Gasteiger partial charge in [0.15, 0.2) is 9.84 Å². The molecule has 0 spiro atoms. The molecule has 20 heavy (non-hydrogen) atoms. The van der Waals surface area contributed by atoms with Crippen LogP contribution < -0.4 is 5.73 Å². The van der Waals surface area contributed by atoms with Gasteiger partial charge in [-0.3, -0.25) is 4.79 Å². The van der Waals surface area contributed by atoms with Gasteiger partial charge in [-0.05, 0) is 17.7 Å². The quantitative estimate of drug-likeness (QED) is 0.783. The summed E-state index contributed by atoms with van der Waals surface area (Å²) in [6.45, 7) is 0. The fourth-order valence-electron chi connectivity index (χ4n) is 1.93. The Kier molecular flexibility index (Phi) is 3.77. The second-order valence-corrected chi connectivity index (χ2v) is 6.99. The zero-order valence-electron chi connectivity index (χ0n) is 10.6. The van der Waals surface area contributed by atoms with Crippen LogP contribution in [0.15, 0.2) is 23.2 Å². The molecule has 4 N–H and O–H groups in total. The maximum Gasteiger partial charge on any atom is 0.320 e. The van der Waals surface area contributed by atoms with Crippen LogP contribution in [0.25, 0.3) is 10.9 Å². The van der Waals surface area contributed by atoms with Gasteiger partial charge in [-0.25, -0.2) is 8.42 Å². The number of sulfone groups is 1. The summed E-state index contributed by atoms with van der Waals surface area (Å²) in [7, 11) is -3.40. The van der Waals surface area contributed by atoms with Gasteiger partial charge in [0.2, 0.25) is 0 Å². The van der Waals surface area contributed by atoms with Crippen LogP contribution >= 0.6 is 11.6 Å². The molecule has 0 aliphatic rings. The zero-order chi connectivity index (χ0) is 15.1. The molecule has 2 rings (SSSR count). The van der Waals surface area contributed by atoms with Crippen LogP contribution in [0.2, 0.25) is 5.02 Å². The molecule has 0 amide bonds. The summed E-state index contributed by atoms with van der Waals surface area (Å²) in [5, 5.41) is 9.66. The number of carboxylic acids is 1. The number of rotatable bonds is 4. The van der Waals surface area contributed by atoms with Crippen LogP contribution in [-0.4, -0.2) is 36.8 Å². The smallest absolute Gasteiger partial charge is 0.320 e. The molecule has 1 aromatic carbocycles. The van der Waals surface area contributed by atoms with Crippen molar-refractivity contribution < 1.29 is 18.3 Å². The molecule has 0 unspecified atom stereocenters. The summed E-state index contributed by atoms with van der Waals surface area (Å²) < 4.78 is 23.2. The first kappa shape index (κ1) is 14.8. The molecule has 0 bridgehead atoms. The molecular formula is C12H13ClN2O4S. The van der Waals surface area contributed by atoms with Crippen LogP contribution in [0.3, 0.4) is 0 Å². The van der Waals surface area contributed by atoms with E-state index in [2.05, 4.69) is 4.98 Å². The van der Waals surface area contributed by atoms with Gasteiger partial charge < -0.3 is 15.8 Å². The molecule has 0 aliphatic carbocycles. The summed E-state index contributed by atoms with van der Waals surface area (Å²) in [4.78, 5) is 13.8. The topological polar surface area (TPSA) is 113 Å². The maximum atomic E-state index is 11.6. The van der Waals surface area contributed by atoms with E-state index in [9.17, 15) is 13.2 Å². The minimum atomic E-state index is -3.40. The number of hydrogen-bond acceptors (Lipinski definition) is 4. The highest BCUT2D eigenvalue weighted by molar-refractivity contribution is 7.90. The number of benzene rings is 1.